The fourth-order valence-electron chi connectivity index (χ4n) is 3.90. The molecular formula is C22H25N5O2. The van der Waals surface area contributed by atoms with Crippen molar-refractivity contribution < 1.29 is 9.53 Å². The van der Waals surface area contributed by atoms with Crippen LogP contribution in [0, 0.1) is 6.92 Å². The molecule has 3 aromatic rings. The number of benzene rings is 1. The molecular weight excluding hydrogens is 366 g/mol. The Bertz CT molecular complexity index is 961. The first-order chi connectivity index (χ1) is 14.2. The number of piperidine rings is 1. The lowest BCUT2D eigenvalue weighted by Gasteiger charge is -2.31. The topological polar surface area (TPSA) is 84.0 Å². The lowest BCUT2D eigenvalue weighted by molar-refractivity contribution is -0.136. The van der Waals surface area contributed by atoms with Crippen LogP contribution in [0.15, 0.2) is 42.9 Å². The van der Waals surface area contributed by atoms with Gasteiger partial charge in [-0.1, -0.05) is 29.8 Å². The minimum Gasteiger partial charge on any atom is -0.375 e. The smallest absolute Gasteiger partial charge is 0.248 e. The van der Waals surface area contributed by atoms with Crippen molar-refractivity contribution in [2.24, 2.45) is 0 Å². The molecule has 1 N–H and O–H groups in total. The zero-order valence-electron chi connectivity index (χ0n) is 16.8. The van der Waals surface area contributed by atoms with Crippen LogP contribution >= 0.6 is 0 Å². The third-order valence-electron chi connectivity index (χ3n) is 5.48. The molecule has 7 nitrogen and oxygen atoms in total. The minimum atomic E-state index is 0.0481. The first kappa shape index (κ1) is 19.3. The van der Waals surface area contributed by atoms with Gasteiger partial charge in [0.25, 0.3) is 0 Å². The Hall–Kier alpha value is -3.06. The fraction of sp³-hybridized carbons (Fsp3) is 0.364. The normalized spacial score (nSPS) is 14.9. The molecule has 0 unspecified atom stereocenters. The first-order valence-corrected chi connectivity index (χ1v) is 9.85. The number of hydrogen-bond donors (Lipinski definition) is 1. The van der Waals surface area contributed by atoms with Gasteiger partial charge in [0, 0.05) is 49.1 Å². The summed E-state index contributed by atoms with van der Waals surface area (Å²) in [4.78, 5) is 22.5. The van der Waals surface area contributed by atoms with Crippen molar-refractivity contribution in [3.05, 3.63) is 54.1 Å². The summed E-state index contributed by atoms with van der Waals surface area (Å²) in [7, 11) is 1.55. The largest absolute Gasteiger partial charge is 0.375 e. The zero-order chi connectivity index (χ0) is 20.2. The molecule has 150 valence electrons. The van der Waals surface area contributed by atoms with Crippen molar-refractivity contribution in [3.8, 4) is 22.5 Å². The van der Waals surface area contributed by atoms with E-state index in [1.807, 2.05) is 11.0 Å². The molecule has 3 heterocycles. The van der Waals surface area contributed by atoms with Gasteiger partial charge >= 0.3 is 0 Å². The van der Waals surface area contributed by atoms with E-state index in [4.69, 9.17) is 4.74 Å². The number of carbonyl (C=O) groups is 1. The molecule has 1 fully saturated rings. The van der Waals surface area contributed by atoms with Crippen LogP contribution in [-0.4, -0.2) is 57.8 Å². The van der Waals surface area contributed by atoms with Crippen LogP contribution in [0.2, 0.25) is 0 Å². The van der Waals surface area contributed by atoms with Crippen molar-refractivity contribution in [2.45, 2.75) is 25.7 Å². The molecule has 1 aliphatic heterocycles. The molecule has 29 heavy (non-hydrogen) atoms. The highest BCUT2D eigenvalue weighted by molar-refractivity contribution is 5.81. The second-order valence-electron chi connectivity index (χ2n) is 7.41. The molecule has 0 atom stereocenters. The van der Waals surface area contributed by atoms with Gasteiger partial charge in [0.1, 0.15) is 18.6 Å². The van der Waals surface area contributed by atoms with Crippen molar-refractivity contribution in [3.63, 3.8) is 0 Å². The summed E-state index contributed by atoms with van der Waals surface area (Å²) in [6.07, 6.45) is 5.08. The Kier molecular flexibility index (Phi) is 5.67. The molecule has 1 aliphatic rings. The summed E-state index contributed by atoms with van der Waals surface area (Å²) in [5.74, 6) is 0.338. The molecule has 1 saturated heterocycles. The second kappa shape index (κ2) is 8.53. The van der Waals surface area contributed by atoms with E-state index in [1.165, 1.54) is 5.56 Å². The number of ether oxygens (including phenoxy) is 1. The summed E-state index contributed by atoms with van der Waals surface area (Å²) in [5.41, 5.74) is 6.13. The number of aromatic amines is 1. The molecule has 0 bridgehead atoms. The van der Waals surface area contributed by atoms with Crippen LogP contribution in [0.5, 0.6) is 0 Å². The highest BCUT2D eigenvalue weighted by atomic mass is 16.5. The van der Waals surface area contributed by atoms with E-state index in [0.717, 1.165) is 54.1 Å². The minimum absolute atomic E-state index is 0.0481. The Morgan fingerprint density at radius 3 is 2.62 bits per heavy atom. The highest BCUT2D eigenvalue weighted by Crippen LogP contribution is 2.39. The summed E-state index contributed by atoms with van der Waals surface area (Å²) in [6, 6.07) is 10.3. The number of rotatable bonds is 5. The number of carbonyl (C=O) groups excluding carboxylic acids is 1. The van der Waals surface area contributed by atoms with Gasteiger partial charge in [0.05, 0.1) is 5.69 Å². The van der Waals surface area contributed by atoms with E-state index >= 15 is 0 Å². The van der Waals surface area contributed by atoms with Crippen LogP contribution in [0.3, 0.4) is 0 Å². The van der Waals surface area contributed by atoms with Gasteiger partial charge in [-0.25, -0.2) is 9.97 Å². The van der Waals surface area contributed by atoms with Gasteiger partial charge in [-0.05, 0) is 25.8 Å². The maximum atomic E-state index is 12.1. The van der Waals surface area contributed by atoms with Crippen LogP contribution < -0.4 is 0 Å². The molecule has 4 rings (SSSR count). The average molecular weight is 391 g/mol. The number of nitrogens with one attached hydrogen (secondary N) is 1. The maximum Gasteiger partial charge on any atom is 0.248 e. The molecule has 0 saturated carbocycles. The molecule has 1 amide bonds. The van der Waals surface area contributed by atoms with Crippen LogP contribution in [0.4, 0.5) is 0 Å². The number of aryl methyl sites for hydroxylation is 1. The first-order valence-electron chi connectivity index (χ1n) is 9.85. The third-order valence-corrected chi connectivity index (χ3v) is 5.48. The Morgan fingerprint density at radius 2 is 1.97 bits per heavy atom. The van der Waals surface area contributed by atoms with Crippen molar-refractivity contribution in [1.29, 1.82) is 0 Å². The van der Waals surface area contributed by atoms with E-state index in [2.05, 4.69) is 51.4 Å². The lowest BCUT2D eigenvalue weighted by Crippen LogP contribution is -2.39. The SMILES string of the molecule is COCC(=O)N1CCC(c2[nH]nc(-c3ccc(C)cc3)c2-c2ccncn2)CC1. The summed E-state index contributed by atoms with van der Waals surface area (Å²) in [6.45, 7) is 3.64. The highest BCUT2D eigenvalue weighted by Gasteiger charge is 2.29. The lowest BCUT2D eigenvalue weighted by atomic mass is 9.88. The molecule has 0 radical (unpaired) electrons. The number of amides is 1. The van der Waals surface area contributed by atoms with Gasteiger partial charge in [-0.3, -0.25) is 9.89 Å². The number of nitrogens with zero attached hydrogens (tertiary/aromatic N) is 4. The van der Waals surface area contributed by atoms with Crippen LogP contribution in [-0.2, 0) is 9.53 Å². The van der Waals surface area contributed by atoms with E-state index in [-0.39, 0.29) is 12.5 Å². The number of hydrogen-bond acceptors (Lipinski definition) is 5. The fourth-order valence-corrected chi connectivity index (χ4v) is 3.90. The van der Waals surface area contributed by atoms with Gasteiger partial charge in [-0.15, -0.1) is 0 Å². The van der Waals surface area contributed by atoms with Crippen LogP contribution in [0.1, 0.15) is 30.0 Å². The number of likely N-dealkylation sites (tertiary alicyclic amines) is 1. The molecule has 7 heteroatoms. The van der Waals surface area contributed by atoms with Crippen molar-refractivity contribution in [2.75, 3.05) is 26.8 Å². The summed E-state index contributed by atoms with van der Waals surface area (Å²) in [5, 5.41) is 7.95. The van der Waals surface area contributed by atoms with Gasteiger partial charge in [0.2, 0.25) is 5.91 Å². The molecule has 0 aliphatic carbocycles. The van der Waals surface area contributed by atoms with Crippen molar-refractivity contribution in [1.82, 2.24) is 25.1 Å². The van der Waals surface area contributed by atoms with E-state index in [9.17, 15) is 4.79 Å². The average Bonchev–Trinajstić information content (AvgIpc) is 3.20. The zero-order valence-corrected chi connectivity index (χ0v) is 16.8. The van der Waals surface area contributed by atoms with E-state index in [1.54, 1.807) is 19.6 Å². The Labute approximate surface area is 170 Å². The summed E-state index contributed by atoms with van der Waals surface area (Å²) >= 11 is 0. The predicted molar refractivity (Wildman–Crippen MR) is 110 cm³/mol. The Balaban J connectivity index is 1.66. The molecule has 0 spiro atoms. The van der Waals surface area contributed by atoms with Gasteiger partial charge in [0.15, 0.2) is 0 Å². The van der Waals surface area contributed by atoms with E-state index in [0.29, 0.717) is 5.92 Å². The second-order valence-corrected chi connectivity index (χ2v) is 7.41. The predicted octanol–water partition coefficient (Wildman–Crippen LogP) is 3.19. The molecule has 2 aromatic heterocycles. The quantitative estimate of drug-likeness (QED) is 0.722. The van der Waals surface area contributed by atoms with Crippen LogP contribution in [0.25, 0.3) is 22.5 Å². The number of H-pyrrole nitrogens is 1. The maximum absolute atomic E-state index is 12.1. The molecule has 1 aromatic carbocycles. The van der Waals surface area contributed by atoms with Gasteiger partial charge < -0.3 is 9.64 Å². The van der Waals surface area contributed by atoms with E-state index < -0.39 is 0 Å². The van der Waals surface area contributed by atoms with Gasteiger partial charge in [-0.2, -0.15) is 5.10 Å². The van der Waals surface area contributed by atoms with Crippen molar-refractivity contribution >= 4 is 5.91 Å². The monoisotopic (exact) mass is 391 g/mol. The summed E-state index contributed by atoms with van der Waals surface area (Å²) < 4.78 is 4.98. The number of methoxy groups -OCH3 is 1. The third kappa shape index (κ3) is 4.05. The number of aromatic nitrogens is 4. The standard InChI is InChI=1S/C22H25N5O2/c1-15-3-5-16(6-4-15)21-20(18-7-10-23-14-24-18)22(26-25-21)17-8-11-27(12-9-17)19(28)13-29-2/h3-7,10,14,17H,8-9,11-13H2,1-2H3,(H,25,26). The Morgan fingerprint density at radius 1 is 1.21 bits per heavy atom.